The molecule has 7 nitrogen and oxygen atoms in total. The number of likely N-dealkylation sites (tertiary alicyclic amines) is 1. The van der Waals surface area contributed by atoms with Crippen molar-refractivity contribution in [3.05, 3.63) is 0 Å². The Bertz CT molecular complexity index is 603. The number of aldehydes is 1. The first-order valence-corrected chi connectivity index (χ1v) is 8.98. The zero-order valence-electron chi connectivity index (χ0n) is 14.4. The largest absolute Gasteiger partial charge is 0.523 e. The molecule has 146 valence electrons. The first kappa shape index (κ1) is 21.7. The van der Waals surface area contributed by atoms with Crippen LogP contribution in [0.4, 0.5) is 18.0 Å². The van der Waals surface area contributed by atoms with E-state index in [-0.39, 0.29) is 25.9 Å². The lowest BCUT2D eigenvalue weighted by atomic mass is 9.76. The summed E-state index contributed by atoms with van der Waals surface area (Å²) in [5, 5.41) is 0. The van der Waals surface area contributed by atoms with Crippen LogP contribution < -0.4 is 0 Å². The van der Waals surface area contributed by atoms with Crippen LogP contribution in [0.5, 0.6) is 0 Å². The molecule has 0 aromatic carbocycles. The lowest BCUT2D eigenvalue weighted by molar-refractivity contribution is -0.126. The molecular weight excluding hydrogens is 367 g/mol. The molecule has 0 N–H and O–H groups in total. The summed E-state index contributed by atoms with van der Waals surface area (Å²) in [5.74, 6) is 0. The second-order valence-corrected chi connectivity index (χ2v) is 8.52. The van der Waals surface area contributed by atoms with Gasteiger partial charge in [-0.2, -0.15) is 21.6 Å². The fourth-order valence-corrected chi connectivity index (χ4v) is 3.07. The molecule has 25 heavy (non-hydrogen) atoms. The third kappa shape index (κ3) is 5.30. The zero-order valence-corrected chi connectivity index (χ0v) is 15.2. The van der Waals surface area contributed by atoms with E-state index in [1.165, 1.54) is 4.90 Å². The first-order valence-electron chi connectivity index (χ1n) is 7.57. The average molecular weight is 389 g/mol. The molecule has 1 aliphatic rings. The monoisotopic (exact) mass is 389 g/mol. The van der Waals surface area contributed by atoms with Crippen molar-refractivity contribution in [3.8, 4) is 0 Å². The Balaban J connectivity index is 2.81. The molecule has 1 amide bonds. The van der Waals surface area contributed by atoms with E-state index in [0.29, 0.717) is 6.29 Å². The Morgan fingerprint density at radius 2 is 1.68 bits per heavy atom. The van der Waals surface area contributed by atoms with Crippen molar-refractivity contribution in [1.29, 1.82) is 0 Å². The number of piperidine rings is 1. The fraction of sp³-hybridized carbons (Fsp3) is 0.857. The van der Waals surface area contributed by atoms with Crippen molar-refractivity contribution in [1.82, 2.24) is 4.90 Å². The van der Waals surface area contributed by atoms with Gasteiger partial charge in [-0.05, 0) is 40.5 Å². The Kier molecular flexibility index (Phi) is 6.16. The highest BCUT2D eigenvalue weighted by Crippen LogP contribution is 2.38. The quantitative estimate of drug-likeness (QED) is 0.417. The molecule has 1 aliphatic heterocycles. The van der Waals surface area contributed by atoms with E-state index in [0.717, 1.165) is 6.92 Å². The lowest BCUT2D eigenvalue weighted by Gasteiger charge is -2.41. The number of hydrogen-bond donors (Lipinski definition) is 0. The molecule has 11 heteroatoms. The number of carbonyl (C=O) groups is 2. The van der Waals surface area contributed by atoms with Crippen LogP contribution in [-0.2, 0) is 23.8 Å². The maximum Gasteiger partial charge on any atom is 0.523 e. The van der Waals surface area contributed by atoms with Crippen LogP contribution >= 0.6 is 0 Å². The highest BCUT2D eigenvalue weighted by atomic mass is 32.2. The standard InChI is InChI=1S/C14H22F3NO6S/c1-10(24-25(21,22)14(15,16)17)13(9-19)5-7-18(8-6-13)11(20)23-12(2,3)4/h9-10H,5-8H2,1-4H3. The summed E-state index contributed by atoms with van der Waals surface area (Å²) in [6, 6.07) is 0. The van der Waals surface area contributed by atoms with Gasteiger partial charge >= 0.3 is 21.7 Å². The highest BCUT2D eigenvalue weighted by Gasteiger charge is 2.51. The van der Waals surface area contributed by atoms with E-state index in [9.17, 15) is 31.2 Å². The summed E-state index contributed by atoms with van der Waals surface area (Å²) in [7, 11) is -5.81. The predicted molar refractivity (Wildman–Crippen MR) is 81.1 cm³/mol. The molecule has 0 aliphatic carbocycles. The van der Waals surface area contributed by atoms with Crippen LogP contribution in [0, 0.1) is 5.41 Å². The number of carbonyl (C=O) groups excluding carboxylic acids is 2. The molecule has 1 saturated heterocycles. The molecule has 0 aromatic rings. The number of hydrogen-bond acceptors (Lipinski definition) is 6. The number of nitrogens with zero attached hydrogens (tertiary/aromatic N) is 1. The molecule has 0 saturated carbocycles. The average Bonchev–Trinajstić information content (AvgIpc) is 2.43. The van der Waals surface area contributed by atoms with E-state index >= 15 is 0 Å². The van der Waals surface area contributed by atoms with Gasteiger partial charge in [0.25, 0.3) is 0 Å². The third-order valence-electron chi connectivity index (χ3n) is 3.94. The summed E-state index contributed by atoms with van der Waals surface area (Å²) in [4.78, 5) is 24.8. The molecule has 1 rings (SSSR count). The van der Waals surface area contributed by atoms with Gasteiger partial charge < -0.3 is 14.4 Å². The molecule has 1 heterocycles. The van der Waals surface area contributed by atoms with E-state index in [1.807, 2.05) is 0 Å². The number of ether oxygens (including phenoxy) is 1. The highest BCUT2D eigenvalue weighted by molar-refractivity contribution is 7.87. The Labute approximate surface area is 144 Å². The van der Waals surface area contributed by atoms with E-state index in [2.05, 4.69) is 4.18 Å². The van der Waals surface area contributed by atoms with Crippen molar-refractivity contribution in [2.75, 3.05) is 13.1 Å². The molecule has 0 spiro atoms. The van der Waals surface area contributed by atoms with Crippen molar-refractivity contribution in [3.63, 3.8) is 0 Å². The van der Waals surface area contributed by atoms with Gasteiger partial charge in [0, 0.05) is 13.1 Å². The van der Waals surface area contributed by atoms with Crippen LogP contribution in [0.25, 0.3) is 0 Å². The Morgan fingerprint density at radius 1 is 1.20 bits per heavy atom. The van der Waals surface area contributed by atoms with Gasteiger partial charge in [0.15, 0.2) is 0 Å². The smallest absolute Gasteiger partial charge is 0.444 e. The Hall–Kier alpha value is -1.36. The van der Waals surface area contributed by atoms with E-state index in [4.69, 9.17) is 4.74 Å². The molecule has 1 fully saturated rings. The van der Waals surface area contributed by atoms with E-state index < -0.39 is 38.8 Å². The van der Waals surface area contributed by atoms with Crippen LogP contribution in [0.1, 0.15) is 40.5 Å². The number of rotatable bonds is 4. The summed E-state index contributed by atoms with van der Waals surface area (Å²) in [6.45, 7) is 6.22. The maximum atomic E-state index is 12.4. The van der Waals surface area contributed by atoms with Crippen LogP contribution in [0.2, 0.25) is 0 Å². The summed E-state index contributed by atoms with van der Waals surface area (Å²) >= 11 is 0. The van der Waals surface area contributed by atoms with Gasteiger partial charge in [0.2, 0.25) is 0 Å². The number of alkyl halides is 3. The topological polar surface area (TPSA) is 90.0 Å². The van der Waals surface area contributed by atoms with Crippen molar-refractivity contribution in [2.24, 2.45) is 5.41 Å². The fourth-order valence-electron chi connectivity index (χ4n) is 2.39. The minimum absolute atomic E-state index is 0.0351. The minimum Gasteiger partial charge on any atom is -0.444 e. The molecule has 0 aromatic heterocycles. The molecule has 1 unspecified atom stereocenters. The number of amides is 1. The lowest BCUT2D eigenvalue weighted by Crippen LogP contribution is -2.50. The molecule has 1 atom stereocenters. The molecular formula is C14H22F3NO6S. The van der Waals surface area contributed by atoms with Crippen molar-refractivity contribution in [2.45, 2.75) is 57.7 Å². The predicted octanol–water partition coefficient (Wildman–Crippen LogP) is 2.46. The number of halogens is 3. The van der Waals surface area contributed by atoms with Gasteiger partial charge in [0.1, 0.15) is 11.9 Å². The molecule has 0 bridgehead atoms. The van der Waals surface area contributed by atoms with E-state index in [1.54, 1.807) is 20.8 Å². The summed E-state index contributed by atoms with van der Waals surface area (Å²) < 4.78 is 69.0. The van der Waals surface area contributed by atoms with Gasteiger partial charge in [-0.3, -0.25) is 4.18 Å². The second-order valence-electron chi connectivity index (χ2n) is 6.96. The van der Waals surface area contributed by atoms with Gasteiger partial charge in [-0.25, -0.2) is 4.79 Å². The van der Waals surface area contributed by atoms with Crippen molar-refractivity contribution >= 4 is 22.5 Å². The first-order chi connectivity index (χ1) is 11.1. The van der Waals surface area contributed by atoms with Gasteiger partial charge in [-0.1, -0.05) is 0 Å². The zero-order chi connectivity index (χ0) is 19.7. The van der Waals surface area contributed by atoms with Gasteiger partial charge in [0.05, 0.1) is 11.5 Å². The molecule has 0 radical (unpaired) electrons. The maximum absolute atomic E-state index is 12.4. The SMILES string of the molecule is CC(OS(=O)(=O)C(F)(F)F)C1(C=O)CCN(C(=O)OC(C)(C)C)CC1. The van der Waals surface area contributed by atoms with Gasteiger partial charge in [-0.15, -0.1) is 0 Å². The summed E-state index contributed by atoms with van der Waals surface area (Å²) in [6.07, 6.45) is -1.80. The van der Waals surface area contributed by atoms with Crippen LogP contribution in [0.3, 0.4) is 0 Å². The summed E-state index contributed by atoms with van der Waals surface area (Å²) in [5.41, 5.74) is -7.72. The Morgan fingerprint density at radius 3 is 2.04 bits per heavy atom. The second kappa shape index (κ2) is 7.10. The third-order valence-corrected chi connectivity index (χ3v) is 5.05. The van der Waals surface area contributed by atoms with Crippen molar-refractivity contribution < 1.29 is 40.1 Å². The van der Waals surface area contributed by atoms with Crippen LogP contribution in [-0.4, -0.2) is 56.0 Å². The normalized spacial score (nSPS) is 20.0. The van der Waals surface area contributed by atoms with Crippen LogP contribution in [0.15, 0.2) is 0 Å². The minimum atomic E-state index is -5.81.